The van der Waals surface area contributed by atoms with Crippen LogP contribution < -0.4 is 15.4 Å². The third-order valence-electron chi connectivity index (χ3n) is 3.03. The van der Waals surface area contributed by atoms with Crippen molar-refractivity contribution in [3.8, 4) is 0 Å². The van der Waals surface area contributed by atoms with Crippen molar-refractivity contribution >= 4 is 15.9 Å². The van der Waals surface area contributed by atoms with Crippen LogP contribution in [0.5, 0.6) is 0 Å². The number of hydrogen-bond acceptors (Lipinski definition) is 4. The second-order valence-electron chi connectivity index (χ2n) is 4.32. The van der Waals surface area contributed by atoms with Gasteiger partial charge in [0.1, 0.15) is 0 Å². The van der Waals surface area contributed by atoms with E-state index in [1.807, 2.05) is 20.0 Å². The molecule has 0 aliphatic carbocycles. The van der Waals surface area contributed by atoms with Gasteiger partial charge in [0, 0.05) is 13.1 Å². The predicted molar refractivity (Wildman–Crippen MR) is 77.8 cm³/mol. The number of amides is 1. The Morgan fingerprint density at radius 2 is 2.00 bits per heavy atom. The first-order chi connectivity index (χ1) is 9.44. The highest BCUT2D eigenvalue weighted by molar-refractivity contribution is 7.89. The molecule has 0 saturated carbocycles. The minimum atomic E-state index is -3.68. The van der Waals surface area contributed by atoms with Crippen LogP contribution >= 0.6 is 0 Å². The summed E-state index contributed by atoms with van der Waals surface area (Å²) in [6, 6.07) is 6.81. The first kappa shape index (κ1) is 16.6. The normalized spacial score (nSPS) is 12.9. The highest BCUT2D eigenvalue weighted by Crippen LogP contribution is 2.19. The van der Waals surface area contributed by atoms with Crippen LogP contribution in [0.25, 0.3) is 0 Å². The van der Waals surface area contributed by atoms with Gasteiger partial charge in [-0.2, -0.15) is 0 Å². The quantitative estimate of drug-likeness (QED) is 0.679. The standard InChI is InChI=1S/C13H21N3O3S/c1-4-12(14-2)10-6-5-7-11(8-10)20(18,19)16-9-13(17)15-3/h5-8,12,14,16H,4,9H2,1-3H3,(H,15,17). The summed E-state index contributed by atoms with van der Waals surface area (Å²) in [5.41, 5.74) is 0.901. The summed E-state index contributed by atoms with van der Waals surface area (Å²) >= 11 is 0. The van der Waals surface area contributed by atoms with E-state index in [1.54, 1.807) is 12.1 Å². The summed E-state index contributed by atoms with van der Waals surface area (Å²) in [6.07, 6.45) is 0.853. The lowest BCUT2D eigenvalue weighted by Crippen LogP contribution is -2.35. The van der Waals surface area contributed by atoms with E-state index in [-0.39, 0.29) is 23.4 Å². The zero-order chi connectivity index (χ0) is 15.2. The van der Waals surface area contributed by atoms with E-state index in [0.29, 0.717) is 0 Å². The zero-order valence-corrected chi connectivity index (χ0v) is 12.8. The molecule has 1 aromatic rings. The van der Waals surface area contributed by atoms with E-state index in [4.69, 9.17) is 0 Å². The lowest BCUT2D eigenvalue weighted by atomic mass is 10.1. The Hall–Kier alpha value is -1.44. The van der Waals surface area contributed by atoms with Crippen molar-refractivity contribution in [2.24, 2.45) is 0 Å². The largest absolute Gasteiger partial charge is 0.358 e. The Labute approximate surface area is 120 Å². The van der Waals surface area contributed by atoms with E-state index in [1.165, 1.54) is 13.1 Å². The molecular formula is C13H21N3O3S. The molecule has 20 heavy (non-hydrogen) atoms. The van der Waals surface area contributed by atoms with Crippen molar-refractivity contribution in [3.05, 3.63) is 29.8 Å². The molecule has 0 bridgehead atoms. The van der Waals surface area contributed by atoms with Crippen molar-refractivity contribution in [2.45, 2.75) is 24.3 Å². The number of carbonyl (C=O) groups is 1. The first-order valence-electron chi connectivity index (χ1n) is 6.42. The van der Waals surface area contributed by atoms with Crippen LogP contribution in [0.4, 0.5) is 0 Å². The van der Waals surface area contributed by atoms with E-state index in [2.05, 4.69) is 15.4 Å². The molecule has 1 rings (SSSR count). The average molecular weight is 299 g/mol. The lowest BCUT2D eigenvalue weighted by molar-refractivity contribution is -0.119. The highest BCUT2D eigenvalue weighted by Gasteiger charge is 2.17. The van der Waals surface area contributed by atoms with Crippen LogP contribution in [-0.4, -0.2) is 35.0 Å². The molecule has 6 nitrogen and oxygen atoms in total. The maximum absolute atomic E-state index is 12.1. The third-order valence-corrected chi connectivity index (χ3v) is 4.43. The predicted octanol–water partition coefficient (Wildman–Crippen LogP) is 0.381. The first-order valence-corrected chi connectivity index (χ1v) is 7.90. The van der Waals surface area contributed by atoms with Gasteiger partial charge in [0.05, 0.1) is 11.4 Å². The van der Waals surface area contributed by atoms with Crippen LogP contribution in [-0.2, 0) is 14.8 Å². The molecule has 0 radical (unpaired) electrons. The molecule has 0 spiro atoms. The molecule has 7 heteroatoms. The van der Waals surface area contributed by atoms with Gasteiger partial charge in [0.25, 0.3) is 0 Å². The van der Waals surface area contributed by atoms with E-state index in [9.17, 15) is 13.2 Å². The zero-order valence-electron chi connectivity index (χ0n) is 11.9. The molecule has 0 saturated heterocycles. The van der Waals surface area contributed by atoms with Crippen LogP contribution in [0, 0.1) is 0 Å². The fraction of sp³-hybridized carbons (Fsp3) is 0.462. The Morgan fingerprint density at radius 3 is 2.55 bits per heavy atom. The van der Waals surface area contributed by atoms with Crippen LogP contribution in [0.15, 0.2) is 29.2 Å². The van der Waals surface area contributed by atoms with Gasteiger partial charge in [0.15, 0.2) is 0 Å². The number of benzene rings is 1. The van der Waals surface area contributed by atoms with E-state index >= 15 is 0 Å². The number of sulfonamides is 1. The van der Waals surface area contributed by atoms with Gasteiger partial charge in [-0.25, -0.2) is 13.1 Å². The van der Waals surface area contributed by atoms with Crippen LogP contribution in [0.1, 0.15) is 24.9 Å². The van der Waals surface area contributed by atoms with E-state index < -0.39 is 10.0 Å². The molecule has 1 unspecified atom stereocenters. The Morgan fingerprint density at radius 1 is 1.30 bits per heavy atom. The summed E-state index contributed by atoms with van der Waals surface area (Å²) in [7, 11) is -0.390. The molecule has 0 fully saturated rings. The Kier molecular flexibility index (Phi) is 6.12. The average Bonchev–Trinajstić information content (AvgIpc) is 2.46. The molecule has 0 aliphatic heterocycles. The molecular weight excluding hydrogens is 278 g/mol. The van der Waals surface area contributed by atoms with E-state index in [0.717, 1.165) is 12.0 Å². The molecule has 3 N–H and O–H groups in total. The topological polar surface area (TPSA) is 87.3 Å². The number of likely N-dealkylation sites (N-methyl/N-ethyl adjacent to an activating group) is 1. The number of nitrogens with one attached hydrogen (secondary N) is 3. The SMILES string of the molecule is CCC(NC)c1cccc(S(=O)(=O)NCC(=O)NC)c1. The summed E-state index contributed by atoms with van der Waals surface area (Å²) < 4.78 is 26.5. The van der Waals surface area contributed by atoms with Gasteiger partial charge in [-0.05, 0) is 31.2 Å². The molecule has 0 heterocycles. The molecule has 0 aliphatic rings. The highest BCUT2D eigenvalue weighted by atomic mass is 32.2. The molecule has 1 amide bonds. The van der Waals surface area contributed by atoms with Crippen molar-refractivity contribution in [1.29, 1.82) is 0 Å². The minimum Gasteiger partial charge on any atom is -0.358 e. The van der Waals surface area contributed by atoms with Crippen molar-refractivity contribution < 1.29 is 13.2 Å². The van der Waals surface area contributed by atoms with Crippen molar-refractivity contribution in [2.75, 3.05) is 20.6 Å². The Bertz CT molecular complexity index is 554. The molecule has 1 aromatic carbocycles. The van der Waals surface area contributed by atoms with Gasteiger partial charge in [-0.15, -0.1) is 0 Å². The second-order valence-corrected chi connectivity index (χ2v) is 6.09. The summed E-state index contributed by atoms with van der Waals surface area (Å²) in [6.45, 7) is 1.75. The maximum Gasteiger partial charge on any atom is 0.241 e. The number of hydrogen-bond donors (Lipinski definition) is 3. The lowest BCUT2D eigenvalue weighted by Gasteiger charge is -2.15. The minimum absolute atomic E-state index is 0.101. The maximum atomic E-state index is 12.1. The van der Waals surface area contributed by atoms with Crippen LogP contribution in [0.2, 0.25) is 0 Å². The summed E-state index contributed by atoms with van der Waals surface area (Å²) in [4.78, 5) is 11.3. The molecule has 1 atom stereocenters. The van der Waals surface area contributed by atoms with Gasteiger partial charge in [-0.3, -0.25) is 4.79 Å². The third kappa shape index (κ3) is 4.29. The Balaban J connectivity index is 2.95. The monoisotopic (exact) mass is 299 g/mol. The van der Waals surface area contributed by atoms with Gasteiger partial charge >= 0.3 is 0 Å². The van der Waals surface area contributed by atoms with Crippen molar-refractivity contribution in [3.63, 3.8) is 0 Å². The second kappa shape index (κ2) is 7.37. The molecule has 0 aromatic heterocycles. The van der Waals surface area contributed by atoms with Crippen LogP contribution in [0.3, 0.4) is 0 Å². The molecule has 112 valence electrons. The number of carbonyl (C=O) groups excluding carboxylic acids is 1. The smallest absolute Gasteiger partial charge is 0.241 e. The summed E-state index contributed by atoms with van der Waals surface area (Å²) in [5.74, 6) is -0.383. The van der Waals surface area contributed by atoms with Gasteiger partial charge in [-0.1, -0.05) is 19.1 Å². The fourth-order valence-electron chi connectivity index (χ4n) is 1.84. The van der Waals surface area contributed by atoms with Crippen molar-refractivity contribution in [1.82, 2.24) is 15.4 Å². The van der Waals surface area contributed by atoms with Gasteiger partial charge < -0.3 is 10.6 Å². The number of rotatable bonds is 7. The summed E-state index contributed by atoms with van der Waals surface area (Å²) in [5, 5.41) is 5.49. The van der Waals surface area contributed by atoms with Gasteiger partial charge in [0.2, 0.25) is 15.9 Å². The fourth-order valence-corrected chi connectivity index (χ4v) is 2.87.